The Kier molecular flexibility index (Phi) is 47.5. The molecule has 0 saturated carbocycles. The number of allylic oxidation sites excluding steroid dienone is 14. The Morgan fingerprint density at radius 1 is 0.339 bits per heavy atom. The Morgan fingerprint density at radius 3 is 1.10 bits per heavy atom. The number of hydrogen-bond acceptors (Lipinski definition) is 6. The molecule has 0 heterocycles. The minimum absolute atomic E-state index is 0.101. The van der Waals surface area contributed by atoms with Gasteiger partial charge in [-0.05, 0) is 109 Å². The highest BCUT2D eigenvalue weighted by atomic mass is 16.6. The van der Waals surface area contributed by atoms with E-state index in [9.17, 15) is 14.4 Å². The molecular weight excluding hydrogens is 769 g/mol. The van der Waals surface area contributed by atoms with Gasteiger partial charge in [-0.15, -0.1) is 0 Å². The lowest BCUT2D eigenvalue weighted by Crippen LogP contribution is -2.30. The van der Waals surface area contributed by atoms with E-state index in [1.165, 1.54) is 96.3 Å². The Hall–Kier alpha value is -3.41. The van der Waals surface area contributed by atoms with Crippen LogP contribution in [0, 0.1) is 0 Å². The lowest BCUT2D eigenvalue weighted by molar-refractivity contribution is -0.167. The predicted molar refractivity (Wildman–Crippen MR) is 265 cm³/mol. The molecule has 354 valence electrons. The van der Waals surface area contributed by atoms with E-state index in [1.54, 1.807) is 0 Å². The summed E-state index contributed by atoms with van der Waals surface area (Å²) in [4.78, 5) is 37.9. The molecule has 0 amide bonds. The summed E-state index contributed by atoms with van der Waals surface area (Å²) in [5.41, 5.74) is 0. The second kappa shape index (κ2) is 50.2. The summed E-state index contributed by atoms with van der Waals surface area (Å²) in [5, 5.41) is 0. The highest BCUT2D eigenvalue weighted by Crippen LogP contribution is 2.13. The van der Waals surface area contributed by atoms with Gasteiger partial charge in [0.25, 0.3) is 0 Å². The molecule has 6 heteroatoms. The Balaban J connectivity index is 4.49. The van der Waals surface area contributed by atoms with Crippen LogP contribution in [-0.2, 0) is 28.6 Å². The van der Waals surface area contributed by atoms with Crippen molar-refractivity contribution in [1.82, 2.24) is 0 Å². The van der Waals surface area contributed by atoms with Crippen molar-refractivity contribution in [2.75, 3.05) is 13.2 Å². The van der Waals surface area contributed by atoms with Crippen molar-refractivity contribution < 1.29 is 28.6 Å². The summed E-state index contributed by atoms with van der Waals surface area (Å²) in [6, 6.07) is 0. The molecule has 6 nitrogen and oxygen atoms in total. The third kappa shape index (κ3) is 47.6. The van der Waals surface area contributed by atoms with Crippen LogP contribution in [0.3, 0.4) is 0 Å². The van der Waals surface area contributed by atoms with Crippen molar-refractivity contribution in [3.63, 3.8) is 0 Å². The van der Waals surface area contributed by atoms with E-state index in [1.807, 2.05) is 0 Å². The van der Waals surface area contributed by atoms with Gasteiger partial charge >= 0.3 is 17.9 Å². The standard InChI is InChI=1S/C56H94O6/c1-4-7-10-13-16-19-22-25-27-28-30-31-34-37-40-43-46-49-55(58)61-52-53(51-60-54(57)48-45-42-39-36-33-24-21-18-15-12-9-6-3)62-56(59)50-47-44-41-38-35-32-29-26-23-20-17-14-11-8-5-2/h7,10,16,18-21,23,25,27,30-31,37,40,53H,4-6,8-9,11-15,17,22,24,26,28-29,32-36,38-39,41-52H2,1-3H3/b10-7-,19-16-,21-18-,23-20-,27-25-,31-30-,40-37-. The van der Waals surface area contributed by atoms with Gasteiger partial charge in [-0.25, -0.2) is 0 Å². The Bertz CT molecular complexity index is 1220. The number of carbonyl (C=O) groups is 3. The fraction of sp³-hybridized carbons (Fsp3) is 0.696. The van der Waals surface area contributed by atoms with Crippen molar-refractivity contribution in [2.45, 2.75) is 239 Å². The molecule has 0 aliphatic carbocycles. The summed E-state index contributed by atoms with van der Waals surface area (Å²) >= 11 is 0. The van der Waals surface area contributed by atoms with Gasteiger partial charge in [0, 0.05) is 19.3 Å². The molecule has 0 N–H and O–H groups in total. The second-order valence-electron chi connectivity index (χ2n) is 16.7. The summed E-state index contributed by atoms with van der Waals surface area (Å²) in [5.74, 6) is -0.976. The van der Waals surface area contributed by atoms with E-state index < -0.39 is 6.10 Å². The van der Waals surface area contributed by atoms with Gasteiger partial charge in [0.15, 0.2) is 6.10 Å². The van der Waals surface area contributed by atoms with Crippen molar-refractivity contribution in [3.05, 3.63) is 85.1 Å². The SMILES string of the molecule is CC/C=C\C/C=C\C/C=C\C/C=C\C/C=C\CCCC(=O)OCC(COC(=O)CCCCCCC/C=C\CCCCC)OC(=O)CCCCCCCCC/C=C\CCCCCC. The number of rotatable bonds is 45. The molecule has 1 atom stereocenters. The number of esters is 3. The van der Waals surface area contributed by atoms with Gasteiger partial charge in [0.2, 0.25) is 0 Å². The van der Waals surface area contributed by atoms with Crippen LogP contribution < -0.4 is 0 Å². The molecule has 62 heavy (non-hydrogen) atoms. The second-order valence-corrected chi connectivity index (χ2v) is 16.7. The average Bonchev–Trinajstić information content (AvgIpc) is 3.27. The van der Waals surface area contributed by atoms with Crippen LogP contribution in [0.4, 0.5) is 0 Å². The molecule has 0 aromatic carbocycles. The van der Waals surface area contributed by atoms with Crippen LogP contribution in [0.25, 0.3) is 0 Å². The first-order valence-corrected chi connectivity index (χ1v) is 25.6. The van der Waals surface area contributed by atoms with Crippen LogP contribution in [0.1, 0.15) is 233 Å². The number of unbranched alkanes of at least 4 members (excludes halogenated alkanes) is 20. The molecule has 0 aliphatic rings. The smallest absolute Gasteiger partial charge is 0.306 e. The third-order valence-corrected chi connectivity index (χ3v) is 10.6. The summed E-state index contributed by atoms with van der Waals surface area (Å²) in [7, 11) is 0. The normalized spacial score (nSPS) is 12.8. The topological polar surface area (TPSA) is 78.9 Å². The first kappa shape index (κ1) is 58.6. The monoisotopic (exact) mass is 863 g/mol. The Labute approximate surface area is 382 Å². The van der Waals surface area contributed by atoms with E-state index >= 15 is 0 Å². The van der Waals surface area contributed by atoms with Crippen molar-refractivity contribution in [3.8, 4) is 0 Å². The van der Waals surface area contributed by atoms with Gasteiger partial charge in [-0.3, -0.25) is 14.4 Å². The number of ether oxygens (including phenoxy) is 3. The van der Waals surface area contributed by atoms with Crippen molar-refractivity contribution in [2.24, 2.45) is 0 Å². The van der Waals surface area contributed by atoms with E-state index in [2.05, 4.69) is 106 Å². The maximum absolute atomic E-state index is 12.8. The van der Waals surface area contributed by atoms with Gasteiger partial charge in [0.1, 0.15) is 13.2 Å². The minimum Gasteiger partial charge on any atom is -0.462 e. The Morgan fingerprint density at radius 2 is 0.645 bits per heavy atom. The van der Waals surface area contributed by atoms with Crippen LogP contribution in [0.15, 0.2) is 85.1 Å². The van der Waals surface area contributed by atoms with E-state index in [0.717, 1.165) is 89.9 Å². The molecule has 0 aliphatic heterocycles. The lowest BCUT2D eigenvalue weighted by atomic mass is 10.1. The summed E-state index contributed by atoms with van der Waals surface area (Å²) in [6.45, 7) is 6.42. The van der Waals surface area contributed by atoms with Gasteiger partial charge in [-0.1, -0.05) is 189 Å². The largest absolute Gasteiger partial charge is 0.462 e. The highest BCUT2D eigenvalue weighted by Gasteiger charge is 2.19. The highest BCUT2D eigenvalue weighted by molar-refractivity contribution is 5.71. The number of carbonyl (C=O) groups excluding carboxylic acids is 3. The average molecular weight is 863 g/mol. The van der Waals surface area contributed by atoms with Crippen LogP contribution in [0.5, 0.6) is 0 Å². The number of hydrogen-bond donors (Lipinski definition) is 0. The molecule has 0 rings (SSSR count). The molecule has 0 bridgehead atoms. The lowest BCUT2D eigenvalue weighted by Gasteiger charge is -2.18. The summed E-state index contributed by atoms with van der Waals surface area (Å²) < 4.78 is 16.7. The zero-order chi connectivity index (χ0) is 45.1. The first-order chi connectivity index (χ1) is 30.5. The first-order valence-electron chi connectivity index (χ1n) is 25.6. The van der Waals surface area contributed by atoms with Gasteiger partial charge in [0.05, 0.1) is 0 Å². The fourth-order valence-electron chi connectivity index (χ4n) is 6.76. The van der Waals surface area contributed by atoms with Gasteiger partial charge in [-0.2, -0.15) is 0 Å². The van der Waals surface area contributed by atoms with E-state index in [0.29, 0.717) is 19.3 Å². The van der Waals surface area contributed by atoms with Gasteiger partial charge < -0.3 is 14.2 Å². The fourth-order valence-corrected chi connectivity index (χ4v) is 6.76. The zero-order valence-corrected chi connectivity index (χ0v) is 40.4. The molecule has 0 aromatic heterocycles. The minimum atomic E-state index is -0.804. The molecule has 0 radical (unpaired) electrons. The quantitative estimate of drug-likeness (QED) is 0.0263. The molecule has 0 spiro atoms. The maximum atomic E-state index is 12.8. The molecular formula is C56H94O6. The third-order valence-electron chi connectivity index (χ3n) is 10.6. The molecule has 0 fully saturated rings. The van der Waals surface area contributed by atoms with E-state index in [4.69, 9.17) is 14.2 Å². The zero-order valence-electron chi connectivity index (χ0n) is 40.4. The molecule has 1 unspecified atom stereocenters. The van der Waals surface area contributed by atoms with Crippen LogP contribution in [0.2, 0.25) is 0 Å². The van der Waals surface area contributed by atoms with Crippen LogP contribution in [-0.4, -0.2) is 37.2 Å². The summed E-state index contributed by atoms with van der Waals surface area (Å²) in [6.07, 6.45) is 64.2. The van der Waals surface area contributed by atoms with Crippen molar-refractivity contribution >= 4 is 17.9 Å². The predicted octanol–water partition coefficient (Wildman–Crippen LogP) is 16.8. The van der Waals surface area contributed by atoms with E-state index in [-0.39, 0.29) is 37.5 Å². The van der Waals surface area contributed by atoms with Crippen molar-refractivity contribution in [1.29, 1.82) is 0 Å². The maximum Gasteiger partial charge on any atom is 0.306 e. The molecule has 0 saturated heterocycles. The molecule has 0 aromatic rings. The van der Waals surface area contributed by atoms with Crippen LogP contribution >= 0.6 is 0 Å².